The molecule has 1 heterocycles. The lowest BCUT2D eigenvalue weighted by atomic mass is 10.3. The molecule has 0 aromatic carbocycles. The maximum Gasteiger partial charge on any atom is 0.318 e. The van der Waals surface area contributed by atoms with E-state index in [1.54, 1.807) is 0 Å². The van der Waals surface area contributed by atoms with E-state index in [1.165, 1.54) is 6.42 Å². The Labute approximate surface area is 95.6 Å². The van der Waals surface area contributed by atoms with E-state index in [2.05, 4.69) is 28.9 Å². The van der Waals surface area contributed by atoms with Crippen LogP contribution in [0.25, 0.3) is 0 Å². The number of aromatic nitrogens is 2. The van der Waals surface area contributed by atoms with Crippen molar-refractivity contribution in [2.24, 2.45) is 0 Å². The second kappa shape index (κ2) is 6.67. The van der Waals surface area contributed by atoms with Gasteiger partial charge in [0.1, 0.15) is 0 Å². The number of halogens is 1. The van der Waals surface area contributed by atoms with E-state index >= 15 is 0 Å². The van der Waals surface area contributed by atoms with E-state index in [4.69, 9.17) is 16.0 Å². The van der Waals surface area contributed by atoms with Gasteiger partial charge < -0.3 is 9.32 Å². The van der Waals surface area contributed by atoms with Gasteiger partial charge in [0.2, 0.25) is 5.89 Å². The maximum atomic E-state index is 5.60. The molecule has 4 nitrogen and oxygen atoms in total. The topological polar surface area (TPSA) is 42.2 Å². The number of rotatable bonds is 7. The number of hydrogen-bond acceptors (Lipinski definition) is 4. The van der Waals surface area contributed by atoms with Gasteiger partial charge in [-0.3, -0.25) is 0 Å². The minimum absolute atomic E-state index is 0.517. The lowest BCUT2D eigenvalue weighted by Crippen LogP contribution is -2.24. The van der Waals surface area contributed by atoms with Crippen LogP contribution in [0.2, 0.25) is 0 Å². The summed E-state index contributed by atoms with van der Waals surface area (Å²) in [5.41, 5.74) is 0. The van der Waals surface area contributed by atoms with Crippen molar-refractivity contribution in [1.82, 2.24) is 10.2 Å². The zero-order chi connectivity index (χ0) is 11.1. The SMILES string of the molecule is CCCCN(CC)c1nnc(CCCl)o1. The third-order valence-corrected chi connectivity index (χ3v) is 2.39. The smallest absolute Gasteiger partial charge is 0.318 e. The molecule has 0 unspecified atom stereocenters. The fraction of sp³-hybridized carbons (Fsp3) is 0.800. The largest absolute Gasteiger partial charge is 0.408 e. The summed E-state index contributed by atoms with van der Waals surface area (Å²) in [5, 5.41) is 7.95. The molecule has 0 N–H and O–H groups in total. The molecular formula is C10H18ClN3O. The molecule has 0 radical (unpaired) electrons. The van der Waals surface area contributed by atoms with Gasteiger partial charge in [-0.15, -0.1) is 16.7 Å². The Morgan fingerprint density at radius 2 is 2.13 bits per heavy atom. The first kappa shape index (κ1) is 12.3. The molecule has 5 heteroatoms. The molecule has 1 rings (SSSR count). The highest BCUT2D eigenvalue weighted by molar-refractivity contribution is 6.17. The summed E-state index contributed by atoms with van der Waals surface area (Å²) in [5.74, 6) is 1.14. The van der Waals surface area contributed by atoms with Crippen LogP contribution in [0, 0.1) is 0 Å². The molecule has 0 aliphatic carbocycles. The van der Waals surface area contributed by atoms with E-state index in [0.717, 1.165) is 19.5 Å². The third kappa shape index (κ3) is 3.70. The van der Waals surface area contributed by atoms with Crippen LogP contribution in [0.4, 0.5) is 6.01 Å². The molecule has 0 atom stereocenters. The van der Waals surface area contributed by atoms with E-state index in [9.17, 15) is 0 Å². The van der Waals surface area contributed by atoms with E-state index in [1.807, 2.05) is 0 Å². The van der Waals surface area contributed by atoms with Crippen molar-refractivity contribution >= 4 is 17.6 Å². The Morgan fingerprint density at radius 1 is 1.33 bits per heavy atom. The van der Waals surface area contributed by atoms with Gasteiger partial charge in [-0.25, -0.2) is 0 Å². The normalized spacial score (nSPS) is 10.6. The monoisotopic (exact) mass is 231 g/mol. The summed E-state index contributed by atoms with van der Waals surface area (Å²) in [7, 11) is 0. The molecule has 1 aromatic heterocycles. The average Bonchev–Trinajstić information content (AvgIpc) is 2.68. The Hall–Kier alpha value is -0.770. The van der Waals surface area contributed by atoms with E-state index < -0.39 is 0 Å². The summed E-state index contributed by atoms with van der Waals surface area (Å²) >= 11 is 5.60. The Balaban J connectivity index is 2.57. The summed E-state index contributed by atoms with van der Waals surface area (Å²) in [6, 6.07) is 0.617. The first-order chi connectivity index (χ1) is 7.31. The number of alkyl halides is 1. The van der Waals surface area contributed by atoms with Crippen LogP contribution in [0.15, 0.2) is 4.42 Å². The standard InChI is InChI=1S/C10H18ClN3O/c1-3-5-8-14(4-2)10-13-12-9(15-10)6-7-11/h3-8H2,1-2H3. The fourth-order valence-corrected chi connectivity index (χ4v) is 1.45. The van der Waals surface area contributed by atoms with Gasteiger partial charge in [-0.05, 0) is 13.3 Å². The van der Waals surface area contributed by atoms with Crippen LogP contribution in [0.5, 0.6) is 0 Å². The van der Waals surface area contributed by atoms with Crippen LogP contribution in [-0.2, 0) is 6.42 Å². The summed E-state index contributed by atoms with van der Waals surface area (Å²) in [4.78, 5) is 2.09. The Kier molecular flexibility index (Phi) is 5.47. The molecule has 0 aliphatic rings. The van der Waals surface area contributed by atoms with Crippen molar-refractivity contribution in [3.05, 3.63) is 5.89 Å². The van der Waals surface area contributed by atoms with Gasteiger partial charge in [0.25, 0.3) is 0 Å². The zero-order valence-electron chi connectivity index (χ0n) is 9.37. The summed E-state index contributed by atoms with van der Waals surface area (Å²) < 4.78 is 5.49. The summed E-state index contributed by atoms with van der Waals surface area (Å²) in [6.07, 6.45) is 2.94. The highest BCUT2D eigenvalue weighted by atomic mass is 35.5. The third-order valence-electron chi connectivity index (χ3n) is 2.20. The molecule has 1 aromatic rings. The first-order valence-corrected chi connectivity index (χ1v) is 5.98. The molecule has 0 aliphatic heterocycles. The van der Waals surface area contributed by atoms with Crippen LogP contribution < -0.4 is 4.90 Å². The van der Waals surface area contributed by atoms with Gasteiger partial charge in [0, 0.05) is 25.4 Å². The van der Waals surface area contributed by atoms with Gasteiger partial charge in [0.15, 0.2) is 0 Å². The maximum absolute atomic E-state index is 5.60. The van der Waals surface area contributed by atoms with Gasteiger partial charge >= 0.3 is 6.01 Å². The average molecular weight is 232 g/mol. The molecule has 0 saturated carbocycles. The minimum atomic E-state index is 0.517. The van der Waals surface area contributed by atoms with Crippen LogP contribution in [0.1, 0.15) is 32.6 Å². The number of hydrogen-bond donors (Lipinski definition) is 0. The highest BCUT2D eigenvalue weighted by Gasteiger charge is 2.11. The van der Waals surface area contributed by atoms with Gasteiger partial charge in [0.05, 0.1) is 0 Å². The predicted molar refractivity (Wildman–Crippen MR) is 61.5 cm³/mol. The summed E-state index contributed by atoms with van der Waals surface area (Å²) in [6.45, 7) is 6.11. The van der Waals surface area contributed by atoms with Crippen LogP contribution >= 0.6 is 11.6 Å². The van der Waals surface area contributed by atoms with E-state index in [-0.39, 0.29) is 0 Å². The van der Waals surface area contributed by atoms with Crippen molar-refractivity contribution in [3.8, 4) is 0 Å². The molecule has 86 valence electrons. The molecular weight excluding hydrogens is 214 g/mol. The Bertz CT molecular complexity index is 277. The van der Waals surface area contributed by atoms with Crippen molar-refractivity contribution in [1.29, 1.82) is 0 Å². The van der Waals surface area contributed by atoms with Crippen molar-refractivity contribution in [2.75, 3.05) is 23.9 Å². The lowest BCUT2D eigenvalue weighted by Gasteiger charge is -2.16. The first-order valence-electron chi connectivity index (χ1n) is 5.45. The van der Waals surface area contributed by atoms with Gasteiger partial charge in [-0.1, -0.05) is 18.4 Å². The number of nitrogens with zero attached hydrogens (tertiary/aromatic N) is 3. The zero-order valence-corrected chi connectivity index (χ0v) is 10.1. The van der Waals surface area contributed by atoms with Crippen molar-refractivity contribution < 1.29 is 4.42 Å². The molecule has 0 saturated heterocycles. The highest BCUT2D eigenvalue weighted by Crippen LogP contribution is 2.13. The lowest BCUT2D eigenvalue weighted by molar-refractivity contribution is 0.487. The predicted octanol–water partition coefficient (Wildman–Crippen LogP) is 2.48. The number of unbranched alkanes of at least 4 members (excludes halogenated alkanes) is 1. The molecule has 15 heavy (non-hydrogen) atoms. The van der Waals surface area contributed by atoms with E-state index in [0.29, 0.717) is 24.2 Å². The van der Waals surface area contributed by atoms with Crippen LogP contribution in [0.3, 0.4) is 0 Å². The quantitative estimate of drug-likeness (QED) is 0.677. The number of aryl methyl sites for hydroxylation is 1. The second-order valence-corrected chi connectivity index (χ2v) is 3.73. The van der Waals surface area contributed by atoms with Gasteiger partial charge in [-0.2, -0.15) is 0 Å². The molecule has 0 spiro atoms. The molecule has 0 bridgehead atoms. The van der Waals surface area contributed by atoms with Crippen molar-refractivity contribution in [2.45, 2.75) is 33.1 Å². The molecule has 0 amide bonds. The second-order valence-electron chi connectivity index (χ2n) is 3.35. The number of anilines is 1. The minimum Gasteiger partial charge on any atom is -0.408 e. The van der Waals surface area contributed by atoms with Crippen LogP contribution in [-0.4, -0.2) is 29.2 Å². The molecule has 0 fully saturated rings. The Morgan fingerprint density at radius 3 is 2.73 bits per heavy atom. The fourth-order valence-electron chi connectivity index (χ4n) is 1.29. The van der Waals surface area contributed by atoms with Crippen molar-refractivity contribution in [3.63, 3.8) is 0 Å².